The molecule has 5 heteroatoms. The zero-order valence-corrected chi connectivity index (χ0v) is 8.70. The fourth-order valence-electron chi connectivity index (χ4n) is 1.53. The van der Waals surface area contributed by atoms with Crippen LogP contribution in [0.5, 0.6) is 0 Å². The van der Waals surface area contributed by atoms with Gasteiger partial charge in [-0.3, -0.25) is 14.5 Å². The summed E-state index contributed by atoms with van der Waals surface area (Å²) < 4.78 is 0. The van der Waals surface area contributed by atoms with Crippen LogP contribution in [0, 0.1) is 0 Å². The third-order valence-corrected chi connectivity index (χ3v) is 2.46. The number of imide groups is 1. The van der Waals surface area contributed by atoms with E-state index < -0.39 is 0 Å². The first-order chi connectivity index (χ1) is 7.18. The Morgan fingerprint density at radius 2 is 2.27 bits per heavy atom. The molecule has 0 unspecified atom stereocenters. The maximum Gasteiger partial charge on any atom is 0.279 e. The summed E-state index contributed by atoms with van der Waals surface area (Å²) in [6, 6.07) is 4.78. The van der Waals surface area contributed by atoms with Gasteiger partial charge in [0.05, 0.1) is 0 Å². The summed E-state index contributed by atoms with van der Waals surface area (Å²) in [7, 11) is 0. The van der Waals surface area contributed by atoms with E-state index in [9.17, 15) is 9.59 Å². The lowest BCUT2D eigenvalue weighted by Crippen LogP contribution is -2.32. The third kappa shape index (κ3) is 1.99. The van der Waals surface area contributed by atoms with Crippen molar-refractivity contribution in [2.24, 2.45) is 0 Å². The average molecular weight is 225 g/mol. The minimum atomic E-state index is -0.361. The van der Waals surface area contributed by atoms with Gasteiger partial charge in [0.2, 0.25) is 5.91 Å². The fraction of sp³-hybridized carbons (Fsp3) is 0.300. The molecule has 0 bridgehead atoms. The Labute approximate surface area is 91.9 Å². The summed E-state index contributed by atoms with van der Waals surface area (Å²) >= 11 is 5.67. The van der Waals surface area contributed by atoms with Gasteiger partial charge in [-0.25, -0.2) is 4.98 Å². The second kappa shape index (κ2) is 3.98. The Morgan fingerprint density at radius 1 is 1.47 bits per heavy atom. The van der Waals surface area contributed by atoms with Crippen molar-refractivity contribution < 1.29 is 9.59 Å². The normalized spacial score (nSPS) is 15.8. The van der Waals surface area contributed by atoms with Gasteiger partial charge in [0.25, 0.3) is 5.91 Å². The van der Waals surface area contributed by atoms with E-state index in [2.05, 4.69) is 4.98 Å². The van der Waals surface area contributed by atoms with Crippen LogP contribution < -0.4 is 0 Å². The molecule has 2 heterocycles. The van der Waals surface area contributed by atoms with Crippen LogP contribution in [0.2, 0.25) is 5.15 Å². The van der Waals surface area contributed by atoms with Crippen LogP contribution in [-0.2, 0) is 4.79 Å². The molecule has 1 aliphatic rings. The summed E-state index contributed by atoms with van der Waals surface area (Å²) in [5.74, 6) is -0.498. The van der Waals surface area contributed by atoms with Crippen molar-refractivity contribution in [3.05, 3.63) is 29.0 Å². The van der Waals surface area contributed by atoms with Crippen LogP contribution in [-0.4, -0.2) is 28.2 Å². The van der Waals surface area contributed by atoms with E-state index in [-0.39, 0.29) is 22.7 Å². The molecule has 1 aliphatic heterocycles. The second-order valence-electron chi connectivity index (χ2n) is 3.30. The molecule has 1 fully saturated rings. The van der Waals surface area contributed by atoms with Crippen LogP contribution in [0.1, 0.15) is 23.3 Å². The molecule has 0 aliphatic carbocycles. The quantitative estimate of drug-likeness (QED) is 0.537. The van der Waals surface area contributed by atoms with E-state index in [4.69, 9.17) is 11.6 Å². The van der Waals surface area contributed by atoms with E-state index >= 15 is 0 Å². The molecule has 0 saturated carbocycles. The predicted molar refractivity (Wildman–Crippen MR) is 54.5 cm³/mol. The highest BCUT2D eigenvalue weighted by atomic mass is 35.5. The van der Waals surface area contributed by atoms with Crippen molar-refractivity contribution >= 4 is 23.4 Å². The zero-order chi connectivity index (χ0) is 10.8. The fourth-order valence-corrected chi connectivity index (χ4v) is 1.69. The summed E-state index contributed by atoms with van der Waals surface area (Å²) in [6.45, 7) is 0.478. The van der Waals surface area contributed by atoms with Gasteiger partial charge >= 0.3 is 0 Å². The number of rotatable bonds is 1. The van der Waals surface area contributed by atoms with Crippen LogP contribution in [0.3, 0.4) is 0 Å². The minimum Gasteiger partial charge on any atom is -0.277 e. The maximum absolute atomic E-state index is 11.8. The number of amides is 2. The molecule has 78 valence electrons. The number of likely N-dealkylation sites (tertiary alicyclic amines) is 1. The molecule has 1 aromatic rings. The molecule has 0 radical (unpaired) electrons. The van der Waals surface area contributed by atoms with E-state index in [1.807, 2.05) is 0 Å². The van der Waals surface area contributed by atoms with Gasteiger partial charge in [-0.2, -0.15) is 0 Å². The molecule has 1 saturated heterocycles. The van der Waals surface area contributed by atoms with E-state index in [0.29, 0.717) is 13.0 Å². The van der Waals surface area contributed by atoms with Gasteiger partial charge in [-0.15, -0.1) is 0 Å². The van der Waals surface area contributed by atoms with Crippen molar-refractivity contribution in [3.8, 4) is 0 Å². The van der Waals surface area contributed by atoms with Crippen molar-refractivity contribution in [2.75, 3.05) is 6.54 Å². The molecular formula is C10H9ClN2O2. The van der Waals surface area contributed by atoms with Crippen molar-refractivity contribution in [1.82, 2.24) is 9.88 Å². The highest BCUT2D eigenvalue weighted by Gasteiger charge is 2.27. The predicted octanol–water partition coefficient (Wildman–Crippen LogP) is 1.50. The first-order valence-corrected chi connectivity index (χ1v) is 5.03. The lowest BCUT2D eigenvalue weighted by Gasteiger charge is -2.12. The van der Waals surface area contributed by atoms with Crippen molar-refractivity contribution in [3.63, 3.8) is 0 Å². The Balaban J connectivity index is 2.24. The number of aromatic nitrogens is 1. The Bertz CT molecular complexity index is 420. The van der Waals surface area contributed by atoms with Crippen molar-refractivity contribution in [1.29, 1.82) is 0 Å². The molecule has 0 aromatic carbocycles. The number of pyridine rings is 1. The Hall–Kier alpha value is -1.42. The topological polar surface area (TPSA) is 50.3 Å². The number of halogens is 1. The molecule has 1 aromatic heterocycles. The van der Waals surface area contributed by atoms with Crippen LogP contribution in [0.4, 0.5) is 0 Å². The summed E-state index contributed by atoms with van der Waals surface area (Å²) in [5.41, 5.74) is 0.220. The number of hydrogen-bond acceptors (Lipinski definition) is 3. The van der Waals surface area contributed by atoms with Crippen LogP contribution in [0.15, 0.2) is 18.2 Å². The smallest absolute Gasteiger partial charge is 0.277 e. The molecule has 4 nitrogen and oxygen atoms in total. The number of hydrogen-bond donors (Lipinski definition) is 0. The van der Waals surface area contributed by atoms with Gasteiger partial charge in [0.1, 0.15) is 10.8 Å². The lowest BCUT2D eigenvalue weighted by molar-refractivity contribution is -0.125. The Kier molecular flexibility index (Phi) is 2.68. The number of carbonyl (C=O) groups excluding carboxylic acids is 2. The third-order valence-electron chi connectivity index (χ3n) is 2.25. The SMILES string of the molecule is O=C1CCCN1C(=O)c1cccc(Cl)n1. The van der Waals surface area contributed by atoms with Crippen LogP contribution >= 0.6 is 11.6 Å². The summed E-state index contributed by atoms with van der Waals surface area (Å²) in [6.07, 6.45) is 1.16. The summed E-state index contributed by atoms with van der Waals surface area (Å²) in [4.78, 5) is 28.2. The average Bonchev–Trinajstić information content (AvgIpc) is 2.63. The van der Waals surface area contributed by atoms with E-state index in [1.54, 1.807) is 18.2 Å². The molecule has 2 amide bonds. The van der Waals surface area contributed by atoms with Gasteiger partial charge in [0.15, 0.2) is 0 Å². The number of nitrogens with zero attached hydrogens (tertiary/aromatic N) is 2. The molecule has 0 spiro atoms. The minimum absolute atomic E-state index is 0.137. The molecule has 0 N–H and O–H groups in total. The maximum atomic E-state index is 11.8. The molecule has 2 rings (SSSR count). The second-order valence-corrected chi connectivity index (χ2v) is 3.69. The van der Waals surface area contributed by atoms with Gasteiger partial charge in [0, 0.05) is 13.0 Å². The molecule has 15 heavy (non-hydrogen) atoms. The van der Waals surface area contributed by atoms with E-state index in [0.717, 1.165) is 6.42 Å². The molecule has 0 atom stereocenters. The van der Waals surface area contributed by atoms with Gasteiger partial charge in [-0.1, -0.05) is 17.7 Å². The van der Waals surface area contributed by atoms with Crippen molar-refractivity contribution in [2.45, 2.75) is 12.8 Å². The Morgan fingerprint density at radius 3 is 2.87 bits per heavy atom. The standard InChI is InChI=1S/C10H9ClN2O2/c11-8-4-1-3-7(12-8)10(15)13-6-2-5-9(13)14/h1,3-4H,2,5-6H2. The number of carbonyl (C=O) groups is 2. The van der Waals surface area contributed by atoms with Crippen LogP contribution in [0.25, 0.3) is 0 Å². The summed E-state index contributed by atoms with van der Waals surface area (Å²) in [5, 5.41) is 0.257. The zero-order valence-electron chi connectivity index (χ0n) is 7.94. The lowest BCUT2D eigenvalue weighted by atomic mass is 10.3. The highest BCUT2D eigenvalue weighted by Crippen LogP contribution is 2.14. The van der Waals surface area contributed by atoms with Gasteiger partial charge in [-0.05, 0) is 18.6 Å². The largest absolute Gasteiger partial charge is 0.279 e. The van der Waals surface area contributed by atoms with Gasteiger partial charge < -0.3 is 0 Å². The monoisotopic (exact) mass is 224 g/mol. The first kappa shape index (κ1) is 10.1. The highest BCUT2D eigenvalue weighted by molar-refractivity contribution is 6.29. The first-order valence-electron chi connectivity index (χ1n) is 4.66. The van der Waals surface area contributed by atoms with E-state index in [1.165, 1.54) is 4.90 Å². The molecular weight excluding hydrogens is 216 g/mol.